The molecule has 0 spiro atoms. The molecule has 0 saturated carbocycles. The molecule has 0 radical (unpaired) electrons. The van der Waals surface area contributed by atoms with Crippen molar-refractivity contribution in [1.29, 1.82) is 0 Å². The number of hydrogen-bond donors (Lipinski definition) is 1. The maximum absolute atomic E-state index is 13.2. The van der Waals surface area contributed by atoms with Crippen LogP contribution in [0.25, 0.3) is 0 Å². The van der Waals surface area contributed by atoms with Crippen molar-refractivity contribution in [2.45, 2.75) is 39.1 Å². The SMILES string of the molecule is CCn1c(COc2ccc(F)cc2Cl)nnc1SCC(=O)Nc1cccc(C)c1C. The number of amides is 1. The topological polar surface area (TPSA) is 69.0 Å². The Labute approximate surface area is 183 Å². The summed E-state index contributed by atoms with van der Waals surface area (Å²) in [4.78, 5) is 12.4. The number of hydrogen-bond acceptors (Lipinski definition) is 5. The highest BCUT2D eigenvalue weighted by molar-refractivity contribution is 7.99. The van der Waals surface area contributed by atoms with Gasteiger partial charge < -0.3 is 14.6 Å². The summed E-state index contributed by atoms with van der Waals surface area (Å²) in [5, 5.41) is 12.1. The molecule has 1 heterocycles. The first-order valence-electron chi connectivity index (χ1n) is 9.37. The quantitative estimate of drug-likeness (QED) is 0.490. The second-order valence-electron chi connectivity index (χ2n) is 6.59. The first-order chi connectivity index (χ1) is 14.4. The Morgan fingerprint density at radius 2 is 2.07 bits per heavy atom. The summed E-state index contributed by atoms with van der Waals surface area (Å²) in [6, 6.07) is 9.75. The molecule has 0 atom stereocenters. The predicted molar refractivity (Wildman–Crippen MR) is 117 cm³/mol. The smallest absolute Gasteiger partial charge is 0.234 e. The largest absolute Gasteiger partial charge is 0.484 e. The third-order valence-corrected chi connectivity index (χ3v) is 5.83. The number of aryl methyl sites for hydroxylation is 1. The maximum atomic E-state index is 13.2. The fourth-order valence-corrected chi connectivity index (χ4v) is 3.83. The molecule has 0 aliphatic carbocycles. The van der Waals surface area contributed by atoms with E-state index >= 15 is 0 Å². The lowest BCUT2D eigenvalue weighted by Crippen LogP contribution is -2.16. The summed E-state index contributed by atoms with van der Waals surface area (Å²) in [7, 11) is 0. The fourth-order valence-electron chi connectivity index (χ4n) is 2.79. The van der Waals surface area contributed by atoms with Gasteiger partial charge in [0.25, 0.3) is 0 Å². The monoisotopic (exact) mass is 448 g/mol. The number of carbonyl (C=O) groups excluding carboxylic acids is 1. The molecular weight excluding hydrogens is 427 g/mol. The van der Waals surface area contributed by atoms with Crippen molar-refractivity contribution in [3.8, 4) is 5.75 Å². The van der Waals surface area contributed by atoms with Gasteiger partial charge in [-0.3, -0.25) is 4.79 Å². The number of nitrogens with zero attached hydrogens (tertiary/aromatic N) is 3. The van der Waals surface area contributed by atoms with Crippen LogP contribution in [0.5, 0.6) is 5.75 Å². The highest BCUT2D eigenvalue weighted by atomic mass is 35.5. The van der Waals surface area contributed by atoms with Gasteiger partial charge in [-0.1, -0.05) is 35.5 Å². The molecule has 3 aromatic rings. The molecule has 6 nitrogen and oxygen atoms in total. The van der Waals surface area contributed by atoms with Crippen LogP contribution in [0.3, 0.4) is 0 Å². The van der Waals surface area contributed by atoms with Gasteiger partial charge in [-0.15, -0.1) is 10.2 Å². The Morgan fingerprint density at radius 3 is 2.80 bits per heavy atom. The van der Waals surface area contributed by atoms with Crippen LogP contribution < -0.4 is 10.1 Å². The van der Waals surface area contributed by atoms with Crippen LogP contribution in [0.2, 0.25) is 5.02 Å². The van der Waals surface area contributed by atoms with Crippen molar-refractivity contribution in [2.75, 3.05) is 11.1 Å². The van der Waals surface area contributed by atoms with Crippen molar-refractivity contribution in [3.63, 3.8) is 0 Å². The highest BCUT2D eigenvalue weighted by Crippen LogP contribution is 2.26. The number of anilines is 1. The van der Waals surface area contributed by atoms with Gasteiger partial charge in [0.1, 0.15) is 18.2 Å². The summed E-state index contributed by atoms with van der Waals surface area (Å²) >= 11 is 7.29. The number of benzene rings is 2. The molecule has 0 unspecified atom stereocenters. The number of halogens is 2. The first kappa shape index (κ1) is 22.1. The van der Waals surface area contributed by atoms with E-state index in [1.807, 2.05) is 43.5 Å². The van der Waals surface area contributed by atoms with Gasteiger partial charge in [-0.25, -0.2) is 4.39 Å². The Balaban J connectivity index is 1.61. The minimum atomic E-state index is -0.429. The molecule has 0 aliphatic rings. The summed E-state index contributed by atoms with van der Waals surface area (Å²) in [6.07, 6.45) is 0. The van der Waals surface area contributed by atoms with Crippen LogP contribution in [0.4, 0.5) is 10.1 Å². The Bertz CT molecular complexity index is 1060. The number of aromatic nitrogens is 3. The average molecular weight is 449 g/mol. The summed E-state index contributed by atoms with van der Waals surface area (Å²) in [6.45, 7) is 6.68. The third-order valence-electron chi connectivity index (χ3n) is 4.57. The molecule has 2 aromatic carbocycles. The number of rotatable bonds is 8. The van der Waals surface area contributed by atoms with Crippen molar-refractivity contribution in [3.05, 3.63) is 64.2 Å². The zero-order chi connectivity index (χ0) is 21.7. The van der Waals surface area contributed by atoms with Crippen molar-refractivity contribution >= 4 is 35.0 Å². The summed E-state index contributed by atoms with van der Waals surface area (Å²) in [5.74, 6) is 0.620. The van der Waals surface area contributed by atoms with Gasteiger partial charge in [-0.05, 0) is 56.2 Å². The third kappa shape index (κ3) is 5.31. The average Bonchev–Trinajstić information content (AvgIpc) is 3.11. The molecule has 0 fully saturated rings. The van der Waals surface area contributed by atoms with E-state index in [-0.39, 0.29) is 23.3 Å². The molecule has 30 heavy (non-hydrogen) atoms. The van der Waals surface area contributed by atoms with E-state index in [2.05, 4.69) is 15.5 Å². The van der Waals surface area contributed by atoms with Crippen LogP contribution in [0, 0.1) is 19.7 Å². The minimum Gasteiger partial charge on any atom is -0.484 e. The van der Waals surface area contributed by atoms with E-state index in [0.717, 1.165) is 16.8 Å². The number of thioether (sulfide) groups is 1. The van der Waals surface area contributed by atoms with Crippen LogP contribution in [-0.4, -0.2) is 26.4 Å². The molecule has 9 heteroatoms. The van der Waals surface area contributed by atoms with E-state index in [9.17, 15) is 9.18 Å². The molecule has 3 rings (SSSR count). The van der Waals surface area contributed by atoms with Crippen molar-refractivity contribution in [2.24, 2.45) is 0 Å². The molecule has 1 N–H and O–H groups in total. The Morgan fingerprint density at radius 1 is 1.27 bits per heavy atom. The van der Waals surface area contributed by atoms with E-state index in [4.69, 9.17) is 16.3 Å². The van der Waals surface area contributed by atoms with Gasteiger partial charge in [-0.2, -0.15) is 0 Å². The molecular formula is C21H22ClFN4O2S. The fraction of sp³-hybridized carbons (Fsp3) is 0.286. The Hall–Kier alpha value is -2.58. The molecule has 0 aliphatic heterocycles. The maximum Gasteiger partial charge on any atom is 0.234 e. The van der Waals surface area contributed by atoms with Gasteiger partial charge in [0.15, 0.2) is 11.0 Å². The van der Waals surface area contributed by atoms with Gasteiger partial charge in [0.05, 0.1) is 10.8 Å². The lowest BCUT2D eigenvalue weighted by molar-refractivity contribution is -0.113. The summed E-state index contributed by atoms with van der Waals surface area (Å²) < 4.78 is 20.7. The highest BCUT2D eigenvalue weighted by Gasteiger charge is 2.15. The van der Waals surface area contributed by atoms with E-state index in [1.165, 1.54) is 30.0 Å². The predicted octanol–water partition coefficient (Wildman–Crippen LogP) is 5.02. The second-order valence-corrected chi connectivity index (χ2v) is 7.94. The van der Waals surface area contributed by atoms with Gasteiger partial charge in [0.2, 0.25) is 5.91 Å². The standard InChI is InChI=1S/C21H22ClFN4O2S/c1-4-27-19(11-29-18-9-8-15(23)10-16(18)22)25-26-21(27)30-12-20(28)24-17-7-5-6-13(2)14(17)3/h5-10H,4,11-12H2,1-3H3,(H,24,28). The van der Waals surface area contributed by atoms with E-state index < -0.39 is 5.82 Å². The summed E-state index contributed by atoms with van der Waals surface area (Å²) in [5.41, 5.74) is 2.98. The molecule has 1 amide bonds. The molecule has 158 valence electrons. The van der Waals surface area contributed by atoms with Crippen LogP contribution in [0.15, 0.2) is 41.6 Å². The molecule has 1 aromatic heterocycles. The van der Waals surface area contributed by atoms with E-state index in [1.54, 1.807) is 0 Å². The molecule has 0 saturated heterocycles. The van der Waals surface area contributed by atoms with Gasteiger partial charge in [0, 0.05) is 12.2 Å². The van der Waals surface area contributed by atoms with Crippen molar-refractivity contribution < 1.29 is 13.9 Å². The first-order valence-corrected chi connectivity index (χ1v) is 10.7. The number of carbonyl (C=O) groups is 1. The zero-order valence-corrected chi connectivity index (χ0v) is 18.5. The Kier molecular flexibility index (Phi) is 7.33. The van der Waals surface area contributed by atoms with Crippen LogP contribution in [-0.2, 0) is 17.9 Å². The normalized spacial score (nSPS) is 10.8. The zero-order valence-electron chi connectivity index (χ0n) is 16.9. The second kappa shape index (κ2) is 9.95. The molecule has 0 bridgehead atoms. The van der Waals surface area contributed by atoms with Crippen LogP contribution >= 0.6 is 23.4 Å². The number of ether oxygens (including phenoxy) is 1. The van der Waals surface area contributed by atoms with Crippen molar-refractivity contribution in [1.82, 2.24) is 14.8 Å². The minimum absolute atomic E-state index is 0.116. The van der Waals surface area contributed by atoms with E-state index in [0.29, 0.717) is 23.3 Å². The lowest BCUT2D eigenvalue weighted by atomic mass is 10.1. The number of nitrogens with one attached hydrogen (secondary N) is 1. The van der Waals surface area contributed by atoms with Crippen LogP contribution in [0.1, 0.15) is 23.9 Å². The lowest BCUT2D eigenvalue weighted by Gasteiger charge is -2.11. The van der Waals surface area contributed by atoms with Gasteiger partial charge >= 0.3 is 0 Å².